The molecule has 0 radical (unpaired) electrons. The number of hydrogen-bond acceptors (Lipinski definition) is 3. The standard InChI is InChI=1S/C19H22N2O/c1-18-11-15-12-21-22-17(15)19(2,16(18)8-9-20-13-18)10-14-6-4-3-5-7-14/h3-8,12,20H,9-11,13H2,1-2H3/t18-,19-/m0/s1. The second kappa shape index (κ2) is 4.82. The van der Waals surface area contributed by atoms with E-state index < -0.39 is 0 Å². The molecule has 1 aliphatic heterocycles. The average molecular weight is 294 g/mol. The second-order valence-corrected chi connectivity index (χ2v) is 7.16. The molecule has 0 fully saturated rings. The van der Waals surface area contributed by atoms with Gasteiger partial charge in [0, 0.05) is 24.1 Å². The van der Waals surface area contributed by atoms with Crippen LogP contribution >= 0.6 is 0 Å². The maximum absolute atomic E-state index is 5.73. The van der Waals surface area contributed by atoms with Gasteiger partial charge in [0.1, 0.15) is 5.76 Å². The molecule has 2 aromatic rings. The third-order valence-electron chi connectivity index (χ3n) is 5.34. The lowest BCUT2D eigenvalue weighted by atomic mass is 9.57. The molecule has 1 aromatic carbocycles. The predicted molar refractivity (Wildman–Crippen MR) is 86.8 cm³/mol. The van der Waals surface area contributed by atoms with Gasteiger partial charge in [-0.1, -0.05) is 54.1 Å². The van der Waals surface area contributed by atoms with E-state index in [1.807, 2.05) is 6.20 Å². The van der Waals surface area contributed by atoms with Crippen LogP contribution in [0.25, 0.3) is 0 Å². The number of benzene rings is 1. The van der Waals surface area contributed by atoms with Crippen molar-refractivity contribution in [2.75, 3.05) is 13.1 Å². The summed E-state index contributed by atoms with van der Waals surface area (Å²) in [6.07, 6.45) is 6.25. The van der Waals surface area contributed by atoms with Crippen molar-refractivity contribution in [1.82, 2.24) is 10.5 Å². The molecule has 3 nitrogen and oxygen atoms in total. The molecule has 114 valence electrons. The molecule has 2 atom stereocenters. The fourth-order valence-electron chi connectivity index (χ4n) is 4.48. The first kappa shape index (κ1) is 13.8. The molecule has 4 rings (SSSR count). The number of rotatable bonds is 2. The van der Waals surface area contributed by atoms with Crippen molar-refractivity contribution in [3.63, 3.8) is 0 Å². The largest absolute Gasteiger partial charge is 0.360 e. The summed E-state index contributed by atoms with van der Waals surface area (Å²) in [6.45, 7) is 6.65. The number of nitrogens with zero attached hydrogens (tertiary/aromatic N) is 1. The SMILES string of the molecule is C[C@]12CNCC=C1[C@](C)(Cc1ccccc1)c1oncc1C2. The highest BCUT2D eigenvalue weighted by Gasteiger charge is 2.50. The molecule has 2 heterocycles. The minimum Gasteiger partial charge on any atom is -0.360 e. The van der Waals surface area contributed by atoms with Crippen molar-refractivity contribution < 1.29 is 4.52 Å². The molecule has 0 bridgehead atoms. The zero-order valence-electron chi connectivity index (χ0n) is 13.2. The lowest BCUT2D eigenvalue weighted by Crippen LogP contribution is -2.49. The quantitative estimate of drug-likeness (QED) is 0.864. The Morgan fingerprint density at radius 3 is 2.86 bits per heavy atom. The molecule has 0 amide bonds. The van der Waals surface area contributed by atoms with Crippen LogP contribution in [0.1, 0.15) is 30.7 Å². The molecule has 3 heteroatoms. The van der Waals surface area contributed by atoms with Crippen molar-refractivity contribution in [2.24, 2.45) is 5.41 Å². The molecule has 0 unspecified atom stereocenters. The van der Waals surface area contributed by atoms with Gasteiger partial charge in [0.2, 0.25) is 0 Å². The van der Waals surface area contributed by atoms with Crippen LogP contribution in [0, 0.1) is 5.41 Å². The number of hydrogen-bond donors (Lipinski definition) is 1. The first-order valence-corrected chi connectivity index (χ1v) is 8.02. The van der Waals surface area contributed by atoms with Crippen LogP contribution in [0.2, 0.25) is 0 Å². The smallest absolute Gasteiger partial charge is 0.150 e. The van der Waals surface area contributed by atoms with Crippen LogP contribution in [0.15, 0.2) is 52.7 Å². The molecule has 1 aliphatic carbocycles. The summed E-state index contributed by atoms with van der Waals surface area (Å²) >= 11 is 0. The van der Waals surface area contributed by atoms with E-state index in [-0.39, 0.29) is 10.8 Å². The van der Waals surface area contributed by atoms with E-state index in [9.17, 15) is 0 Å². The summed E-state index contributed by atoms with van der Waals surface area (Å²) in [5, 5.41) is 7.63. The van der Waals surface area contributed by atoms with Crippen LogP contribution in [0.4, 0.5) is 0 Å². The van der Waals surface area contributed by atoms with Gasteiger partial charge >= 0.3 is 0 Å². The predicted octanol–water partition coefficient (Wildman–Crippen LogP) is 3.27. The molecule has 1 N–H and O–H groups in total. The zero-order chi connectivity index (χ0) is 15.2. The van der Waals surface area contributed by atoms with E-state index >= 15 is 0 Å². The third-order valence-corrected chi connectivity index (χ3v) is 5.34. The molecule has 1 aromatic heterocycles. The van der Waals surface area contributed by atoms with Crippen LogP contribution in [0.3, 0.4) is 0 Å². The Bertz CT molecular complexity index is 718. The average Bonchev–Trinajstić information content (AvgIpc) is 2.96. The minimum atomic E-state index is -0.109. The highest BCUT2D eigenvalue weighted by molar-refractivity contribution is 5.46. The molecular formula is C19H22N2O. The fourth-order valence-corrected chi connectivity index (χ4v) is 4.48. The number of aromatic nitrogens is 1. The van der Waals surface area contributed by atoms with Crippen molar-refractivity contribution in [2.45, 2.75) is 32.1 Å². The topological polar surface area (TPSA) is 38.1 Å². The molecular weight excluding hydrogens is 272 g/mol. The number of fused-ring (bicyclic) bond motifs is 2. The van der Waals surface area contributed by atoms with Crippen molar-refractivity contribution in [3.8, 4) is 0 Å². The summed E-state index contributed by atoms with van der Waals surface area (Å²) < 4.78 is 5.73. The van der Waals surface area contributed by atoms with Gasteiger partial charge in [-0.15, -0.1) is 0 Å². The van der Waals surface area contributed by atoms with E-state index in [1.54, 1.807) is 0 Å². The van der Waals surface area contributed by atoms with Gasteiger partial charge in [-0.3, -0.25) is 0 Å². The summed E-state index contributed by atoms with van der Waals surface area (Å²) in [5.74, 6) is 1.06. The van der Waals surface area contributed by atoms with Crippen LogP contribution in [-0.4, -0.2) is 18.2 Å². The van der Waals surface area contributed by atoms with Crippen LogP contribution in [-0.2, 0) is 18.3 Å². The van der Waals surface area contributed by atoms with E-state index in [1.165, 1.54) is 16.7 Å². The van der Waals surface area contributed by atoms with Crippen LogP contribution < -0.4 is 5.32 Å². The normalized spacial score (nSPS) is 30.4. The monoisotopic (exact) mass is 294 g/mol. The number of nitrogens with one attached hydrogen (secondary N) is 1. The summed E-state index contributed by atoms with van der Waals surface area (Å²) in [4.78, 5) is 0. The summed E-state index contributed by atoms with van der Waals surface area (Å²) in [7, 11) is 0. The first-order valence-electron chi connectivity index (χ1n) is 8.02. The van der Waals surface area contributed by atoms with E-state index in [4.69, 9.17) is 4.52 Å². The minimum absolute atomic E-state index is 0.109. The highest BCUT2D eigenvalue weighted by atomic mass is 16.5. The second-order valence-electron chi connectivity index (χ2n) is 7.16. The molecule has 22 heavy (non-hydrogen) atoms. The van der Waals surface area contributed by atoms with Crippen molar-refractivity contribution >= 4 is 0 Å². The zero-order valence-corrected chi connectivity index (χ0v) is 13.2. The fraction of sp³-hybridized carbons (Fsp3) is 0.421. The Labute approximate surface area is 131 Å². The maximum Gasteiger partial charge on any atom is 0.150 e. The maximum atomic E-state index is 5.73. The lowest BCUT2D eigenvalue weighted by molar-refractivity contribution is 0.234. The van der Waals surface area contributed by atoms with Gasteiger partial charge in [-0.2, -0.15) is 0 Å². The van der Waals surface area contributed by atoms with Crippen molar-refractivity contribution in [1.29, 1.82) is 0 Å². The Morgan fingerprint density at radius 2 is 2.05 bits per heavy atom. The Kier molecular flexibility index (Phi) is 3.01. The molecule has 2 aliphatic rings. The highest BCUT2D eigenvalue weighted by Crippen LogP contribution is 2.52. The lowest BCUT2D eigenvalue weighted by Gasteiger charge is -2.48. The van der Waals surface area contributed by atoms with E-state index in [2.05, 4.69) is 60.7 Å². The van der Waals surface area contributed by atoms with Gasteiger partial charge in [-0.25, -0.2) is 0 Å². The first-order chi connectivity index (χ1) is 10.6. The van der Waals surface area contributed by atoms with Gasteiger partial charge in [0.15, 0.2) is 0 Å². The van der Waals surface area contributed by atoms with Crippen molar-refractivity contribution in [3.05, 3.63) is 65.1 Å². The molecule has 0 spiro atoms. The Morgan fingerprint density at radius 1 is 1.23 bits per heavy atom. The van der Waals surface area contributed by atoms with Gasteiger partial charge in [0.25, 0.3) is 0 Å². The summed E-state index contributed by atoms with van der Waals surface area (Å²) in [5.41, 5.74) is 4.16. The summed E-state index contributed by atoms with van der Waals surface area (Å²) in [6, 6.07) is 10.7. The third kappa shape index (κ3) is 1.96. The van der Waals surface area contributed by atoms with Gasteiger partial charge in [-0.05, 0) is 25.3 Å². The molecule has 0 saturated heterocycles. The van der Waals surface area contributed by atoms with Crippen LogP contribution in [0.5, 0.6) is 0 Å². The molecule has 0 saturated carbocycles. The van der Waals surface area contributed by atoms with E-state index in [0.29, 0.717) is 0 Å². The Balaban J connectivity index is 1.86. The van der Waals surface area contributed by atoms with E-state index in [0.717, 1.165) is 31.7 Å². The van der Waals surface area contributed by atoms with Gasteiger partial charge < -0.3 is 9.84 Å². The Hall–Kier alpha value is -1.87. The van der Waals surface area contributed by atoms with Gasteiger partial charge in [0.05, 0.1) is 11.6 Å².